The van der Waals surface area contributed by atoms with Crippen molar-refractivity contribution in [2.75, 3.05) is 33.2 Å². The van der Waals surface area contributed by atoms with Gasteiger partial charge in [0, 0.05) is 18.6 Å². The molecule has 1 N–H and O–H groups in total. The molecule has 0 spiro atoms. The van der Waals surface area contributed by atoms with E-state index in [1.807, 2.05) is 0 Å². The Morgan fingerprint density at radius 1 is 0.941 bits per heavy atom. The topological polar surface area (TPSA) is 26.7 Å². The number of aliphatic hydroxyl groups is 1. The molecule has 0 bridgehead atoms. The van der Waals surface area contributed by atoms with E-state index < -0.39 is 0 Å². The van der Waals surface area contributed by atoms with Gasteiger partial charge in [-0.1, -0.05) is 0 Å². The standard InChI is InChI=1S/C14H28N2O/c1-14(2,12-4-8-15(3)9-5-12)16-10-6-13(17)7-11-16/h12-13,17H,4-11H2,1-3H3. The highest BCUT2D eigenvalue weighted by atomic mass is 16.3. The summed E-state index contributed by atoms with van der Waals surface area (Å²) in [5.74, 6) is 0.814. The number of hydrogen-bond donors (Lipinski definition) is 1. The summed E-state index contributed by atoms with van der Waals surface area (Å²) in [6.45, 7) is 9.43. The first-order valence-corrected chi connectivity index (χ1v) is 7.12. The molecule has 0 aromatic heterocycles. The minimum atomic E-state index is -0.0560. The summed E-state index contributed by atoms with van der Waals surface area (Å²) in [5.41, 5.74) is 0.307. The van der Waals surface area contributed by atoms with Gasteiger partial charge in [0.1, 0.15) is 0 Å². The summed E-state index contributed by atoms with van der Waals surface area (Å²) in [6, 6.07) is 0. The molecule has 2 rings (SSSR count). The Bertz CT molecular complexity index is 215. The molecule has 0 atom stereocenters. The molecule has 2 aliphatic heterocycles. The van der Waals surface area contributed by atoms with E-state index in [9.17, 15) is 5.11 Å². The molecule has 0 saturated carbocycles. The molecule has 0 aromatic carbocycles. The van der Waals surface area contributed by atoms with E-state index >= 15 is 0 Å². The third kappa shape index (κ3) is 3.01. The van der Waals surface area contributed by atoms with Crippen LogP contribution in [-0.4, -0.2) is 59.8 Å². The molecule has 3 nitrogen and oxygen atoms in total. The van der Waals surface area contributed by atoms with Crippen molar-refractivity contribution in [1.82, 2.24) is 9.80 Å². The van der Waals surface area contributed by atoms with Crippen molar-refractivity contribution in [2.45, 2.75) is 51.2 Å². The smallest absolute Gasteiger partial charge is 0.0564 e. The maximum absolute atomic E-state index is 9.60. The highest BCUT2D eigenvalue weighted by molar-refractivity contribution is 4.93. The lowest BCUT2D eigenvalue weighted by Crippen LogP contribution is -2.55. The highest BCUT2D eigenvalue weighted by Gasteiger charge is 2.37. The van der Waals surface area contributed by atoms with E-state index in [0.717, 1.165) is 31.8 Å². The van der Waals surface area contributed by atoms with Crippen LogP contribution in [0.3, 0.4) is 0 Å². The lowest BCUT2D eigenvalue weighted by atomic mass is 9.78. The number of nitrogens with zero attached hydrogens (tertiary/aromatic N) is 2. The van der Waals surface area contributed by atoms with Gasteiger partial charge >= 0.3 is 0 Å². The van der Waals surface area contributed by atoms with Crippen molar-refractivity contribution in [3.63, 3.8) is 0 Å². The molecule has 2 heterocycles. The predicted octanol–water partition coefficient (Wildman–Crippen LogP) is 1.56. The summed E-state index contributed by atoms with van der Waals surface area (Å²) >= 11 is 0. The zero-order chi connectivity index (χ0) is 12.5. The molecule has 2 fully saturated rings. The number of aliphatic hydroxyl groups excluding tert-OH is 1. The number of hydrogen-bond acceptors (Lipinski definition) is 3. The fourth-order valence-electron chi connectivity index (χ4n) is 3.42. The lowest BCUT2D eigenvalue weighted by molar-refractivity contribution is -0.0124. The van der Waals surface area contributed by atoms with Gasteiger partial charge in [0.2, 0.25) is 0 Å². The maximum atomic E-state index is 9.60. The van der Waals surface area contributed by atoms with Crippen molar-refractivity contribution in [3.8, 4) is 0 Å². The van der Waals surface area contributed by atoms with Crippen LogP contribution < -0.4 is 0 Å². The Labute approximate surface area is 106 Å². The zero-order valence-corrected chi connectivity index (χ0v) is 11.7. The Kier molecular flexibility index (Phi) is 4.11. The summed E-state index contributed by atoms with van der Waals surface area (Å²) in [7, 11) is 2.22. The molecule has 0 aromatic rings. The van der Waals surface area contributed by atoms with Gasteiger partial charge in [-0.05, 0) is 65.6 Å². The van der Waals surface area contributed by atoms with Crippen LogP contribution in [0.4, 0.5) is 0 Å². The SMILES string of the molecule is CN1CCC(C(C)(C)N2CCC(O)CC2)CC1. The van der Waals surface area contributed by atoms with Gasteiger partial charge in [-0.15, -0.1) is 0 Å². The van der Waals surface area contributed by atoms with Gasteiger partial charge in [0.05, 0.1) is 6.10 Å². The first-order valence-electron chi connectivity index (χ1n) is 7.12. The maximum Gasteiger partial charge on any atom is 0.0564 e. The Balaban J connectivity index is 1.93. The first-order chi connectivity index (χ1) is 8.00. The van der Waals surface area contributed by atoms with E-state index in [2.05, 4.69) is 30.7 Å². The van der Waals surface area contributed by atoms with E-state index in [-0.39, 0.29) is 6.10 Å². The molecule has 17 heavy (non-hydrogen) atoms. The average molecular weight is 240 g/mol. The van der Waals surface area contributed by atoms with Crippen LogP contribution in [0.2, 0.25) is 0 Å². The van der Waals surface area contributed by atoms with Crippen LogP contribution in [0.1, 0.15) is 39.5 Å². The van der Waals surface area contributed by atoms with E-state index in [1.54, 1.807) is 0 Å². The second kappa shape index (κ2) is 5.25. The van der Waals surface area contributed by atoms with Gasteiger partial charge < -0.3 is 10.0 Å². The molecule has 3 heteroatoms. The molecular weight excluding hydrogens is 212 g/mol. The minimum absolute atomic E-state index is 0.0560. The Morgan fingerprint density at radius 2 is 1.47 bits per heavy atom. The van der Waals surface area contributed by atoms with Crippen LogP contribution in [0.15, 0.2) is 0 Å². The van der Waals surface area contributed by atoms with E-state index in [1.165, 1.54) is 25.9 Å². The number of piperidine rings is 2. The molecule has 2 saturated heterocycles. The molecular formula is C14H28N2O. The van der Waals surface area contributed by atoms with Crippen LogP contribution in [0.5, 0.6) is 0 Å². The zero-order valence-electron chi connectivity index (χ0n) is 11.7. The van der Waals surface area contributed by atoms with Gasteiger partial charge in [0.15, 0.2) is 0 Å². The lowest BCUT2D eigenvalue weighted by Gasteiger charge is -2.49. The van der Waals surface area contributed by atoms with Crippen molar-refractivity contribution in [3.05, 3.63) is 0 Å². The summed E-state index contributed by atoms with van der Waals surface area (Å²) in [5, 5.41) is 9.60. The summed E-state index contributed by atoms with van der Waals surface area (Å²) < 4.78 is 0. The molecule has 0 aliphatic carbocycles. The van der Waals surface area contributed by atoms with Crippen molar-refractivity contribution < 1.29 is 5.11 Å². The molecule has 0 radical (unpaired) electrons. The van der Waals surface area contributed by atoms with Crippen LogP contribution in [-0.2, 0) is 0 Å². The summed E-state index contributed by atoms with van der Waals surface area (Å²) in [4.78, 5) is 5.04. The van der Waals surface area contributed by atoms with Crippen molar-refractivity contribution in [1.29, 1.82) is 0 Å². The molecule has 0 unspecified atom stereocenters. The second-order valence-corrected chi connectivity index (χ2v) is 6.45. The molecule has 0 amide bonds. The van der Waals surface area contributed by atoms with E-state index in [0.29, 0.717) is 5.54 Å². The van der Waals surface area contributed by atoms with Crippen LogP contribution >= 0.6 is 0 Å². The molecule has 100 valence electrons. The largest absolute Gasteiger partial charge is 0.393 e. The quantitative estimate of drug-likeness (QED) is 0.793. The highest BCUT2D eigenvalue weighted by Crippen LogP contribution is 2.34. The fraction of sp³-hybridized carbons (Fsp3) is 1.00. The van der Waals surface area contributed by atoms with Gasteiger partial charge in [-0.2, -0.15) is 0 Å². The monoisotopic (exact) mass is 240 g/mol. The third-order valence-corrected chi connectivity index (χ3v) is 5.00. The third-order valence-electron chi connectivity index (χ3n) is 5.00. The minimum Gasteiger partial charge on any atom is -0.393 e. The van der Waals surface area contributed by atoms with Crippen molar-refractivity contribution in [2.24, 2.45) is 5.92 Å². The first kappa shape index (κ1) is 13.3. The van der Waals surface area contributed by atoms with Crippen LogP contribution in [0.25, 0.3) is 0 Å². The van der Waals surface area contributed by atoms with Crippen LogP contribution in [0, 0.1) is 5.92 Å². The Hall–Kier alpha value is -0.120. The van der Waals surface area contributed by atoms with E-state index in [4.69, 9.17) is 0 Å². The van der Waals surface area contributed by atoms with Gasteiger partial charge in [-0.3, -0.25) is 4.90 Å². The molecule has 2 aliphatic rings. The van der Waals surface area contributed by atoms with Gasteiger partial charge in [-0.25, -0.2) is 0 Å². The predicted molar refractivity (Wildman–Crippen MR) is 71.1 cm³/mol. The number of likely N-dealkylation sites (tertiary alicyclic amines) is 2. The Morgan fingerprint density at radius 3 is 2.00 bits per heavy atom. The average Bonchev–Trinajstić information content (AvgIpc) is 2.30. The fourth-order valence-corrected chi connectivity index (χ4v) is 3.42. The van der Waals surface area contributed by atoms with Gasteiger partial charge in [0.25, 0.3) is 0 Å². The normalized spacial score (nSPS) is 27.5. The van der Waals surface area contributed by atoms with Crippen molar-refractivity contribution >= 4 is 0 Å². The summed E-state index contributed by atoms with van der Waals surface area (Å²) in [6.07, 6.45) is 4.50. The second-order valence-electron chi connectivity index (χ2n) is 6.45. The number of rotatable bonds is 2.